The predicted octanol–water partition coefficient (Wildman–Crippen LogP) is 3.18. The molecule has 1 aliphatic heterocycles. The highest BCUT2D eigenvalue weighted by Crippen LogP contribution is 2.28. The van der Waals surface area contributed by atoms with Crippen molar-refractivity contribution in [2.75, 3.05) is 26.3 Å². The lowest BCUT2D eigenvalue weighted by molar-refractivity contribution is 0.0303. The van der Waals surface area contributed by atoms with Crippen molar-refractivity contribution >= 4 is 27.8 Å². The Morgan fingerprint density at radius 1 is 1.08 bits per heavy atom. The number of benzene rings is 2. The molecule has 1 aliphatic rings. The fraction of sp³-hybridized carbons (Fsp3) is 0.200. The second-order valence-electron chi connectivity index (χ2n) is 6.47. The summed E-state index contributed by atoms with van der Waals surface area (Å²) < 4.78 is 5.32. The molecular formula is C20H18N4O2. The smallest absolute Gasteiger partial charge is 0.254 e. The number of hydrogen-bond donors (Lipinski definition) is 2. The number of aromatic nitrogens is 3. The maximum Gasteiger partial charge on any atom is 0.254 e. The van der Waals surface area contributed by atoms with Crippen LogP contribution in [0.25, 0.3) is 33.3 Å². The molecule has 1 fully saturated rings. The highest BCUT2D eigenvalue weighted by Gasteiger charge is 2.19. The number of fused-ring (bicyclic) bond motifs is 2. The standard InChI is InChI=1S/C20H18N4O2/c25-20(24-7-9-26-10-8-24)13-5-6-17-18(11-13)23-19(22-17)15-12-21-16-4-2-1-3-14(15)16/h1-6,11-12,21H,7-10H2,(H,22,23). The third-order valence-corrected chi connectivity index (χ3v) is 4.87. The summed E-state index contributed by atoms with van der Waals surface area (Å²) in [6.45, 7) is 2.48. The third-order valence-electron chi connectivity index (χ3n) is 4.87. The van der Waals surface area contributed by atoms with Crippen LogP contribution in [0, 0.1) is 0 Å². The first kappa shape index (κ1) is 15.2. The fourth-order valence-electron chi connectivity index (χ4n) is 3.49. The summed E-state index contributed by atoms with van der Waals surface area (Å²) in [4.78, 5) is 25.9. The van der Waals surface area contributed by atoms with E-state index in [1.165, 1.54) is 0 Å². The van der Waals surface area contributed by atoms with Crippen molar-refractivity contribution in [2.24, 2.45) is 0 Å². The van der Waals surface area contributed by atoms with Gasteiger partial charge in [0.25, 0.3) is 5.91 Å². The number of nitrogens with one attached hydrogen (secondary N) is 2. The lowest BCUT2D eigenvalue weighted by atomic mass is 10.1. The van der Waals surface area contributed by atoms with E-state index < -0.39 is 0 Å². The summed E-state index contributed by atoms with van der Waals surface area (Å²) >= 11 is 0. The van der Waals surface area contributed by atoms with E-state index in [1.807, 2.05) is 47.5 Å². The molecule has 0 saturated carbocycles. The van der Waals surface area contributed by atoms with Gasteiger partial charge in [-0.15, -0.1) is 0 Å². The monoisotopic (exact) mass is 346 g/mol. The first-order chi connectivity index (χ1) is 12.8. The Hall–Kier alpha value is -3.12. The van der Waals surface area contributed by atoms with Crippen LogP contribution in [0.2, 0.25) is 0 Å². The molecule has 6 heteroatoms. The second-order valence-corrected chi connectivity index (χ2v) is 6.47. The SMILES string of the molecule is O=C(c1ccc2nc(-c3c[nH]c4ccccc34)[nH]c2c1)N1CCOCC1. The zero-order chi connectivity index (χ0) is 17.5. The van der Waals surface area contributed by atoms with Crippen LogP contribution in [0.15, 0.2) is 48.7 Å². The number of hydrogen-bond acceptors (Lipinski definition) is 3. The van der Waals surface area contributed by atoms with Crippen molar-refractivity contribution in [3.05, 3.63) is 54.2 Å². The number of imidazole rings is 1. The van der Waals surface area contributed by atoms with Crippen LogP contribution < -0.4 is 0 Å². The Morgan fingerprint density at radius 3 is 2.81 bits per heavy atom. The molecule has 2 aromatic heterocycles. The molecule has 6 nitrogen and oxygen atoms in total. The summed E-state index contributed by atoms with van der Waals surface area (Å²) in [7, 11) is 0. The number of carbonyl (C=O) groups is 1. The van der Waals surface area contributed by atoms with Crippen molar-refractivity contribution in [1.82, 2.24) is 19.9 Å². The molecule has 0 aliphatic carbocycles. The largest absolute Gasteiger partial charge is 0.378 e. The van der Waals surface area contributed by atoms with Crippen LogP contribution >= 0.6 is 0 Å². The minimum Gasteiger partial charge on any atom is -0.378 e. The van der Waals surface area contributed by atoms with Crippen LogP contribution in [-0.2, 0) is 4.74 Å². The van der Waals surface area contributed by atoms with Gasteiger partial charge >= 0.3 is 0 Å². The molecule has 3 heterocycles. The molecule has 130 valence electrons. The quantitative estimate of drug-likeness (QED) is 0.585. The van der Waals surface area contributed by atoms with E-state index in [0.717, 1.165) is 33.3 Å². The maximum absolute atomic E-state index is 12.7. The molecule has 4 aromatic rings. The number of carbonyl (C=O) groups excluding carboxylic acids is 1. The number of rotatable bonds is 2. The van der Waals surface area contributed by atoms with E-state index in [1.54, 1.807) is 0 Å². The Morgan fingerprint density at radius 2 is 1.92 bits per heavy atom. The highest BCUT2D eigenvalue weighted by atomic mass is 16.5. The number of ether oxygens (including phenoxy) is 1. The molecule has 2 aromatic carbocycles. The predicted molar refractivity (Wildman–Crippen MR) is 100 cm³/mol. The number of amides is 1. The summed E-state index contributed by atoms with van der Waals surface area (Å²) in [5.41, 5.74) is 4.49. The summed E-state index contributed by atoms with van der Waals surface area (Å²) in [6.07, 6.45) is 1.96. The molecule has 0 bridgehead atoms. The Bertz CT molecular complexity index is 1110. The molecule has 0 radical (unpaired) electrons. The zero-order valence-electron chi connectivity index (χ0n) is 14.2. The highest BCUT2D eigenvalue weighted by molar-refractivity contribution is 5.99. The number of nitrogens with zero attached hydrogens (tertiary/aromatic N) is 2. The lowest BCUT2D eigenvalue weighted by Crippen LogP contribution is -2.40. The van der Waals surface area contributed by atoms with E-state index in [-0.39, 0.29) is 5.91 Å². The molecule has 1 saturated heterocycles. The van der Waals surface area contributed by atoms with Gasteiger partial charge in [-0.05, 0) is 24.3 Å². The van der Waals surface area contributed by atoms with Gasteiger partial charge in [-0.1, -0.05) is 18.2 Å². The van der Waals surface area contributed by atoms with Gasteiger partial charge in [0.05, 0.1) is 24.2 Å². The summed E-state index contributed by atoms with van der Waals surface area (Å²) in [5.74, 6) is 0.840. The van der Waals surface area contributed by atoms with E-state index in [2.05, 4.69) is 16.0 Å². The van der Waals surface area contributed by atoms with Crippen molar-refractivity contribution in [1.29, 1.82) is 0 Å². The summed E-state index contributed by atoms with van der Waals surface area (Å²) in [6, 6.07) is 13.8. The minimum absolute atomic E-state index is 0.0402. The molecule has 26 heavy (non-hydrogen) atoms. The van der Waals surface area contributed by atoms with Gasteiger partial charge in [-0.25, -0.2) is 4.98 Å². The van der Waals surface area contributed by atoms with Crippen molar-refractivity contribution in [2.45, 2.75) is 0 Å². The van der Waals surface area contributed by atoms with E-state index in [9.17, 15) is 4.79 Å². The van der Waals surface area contributed by atoms with E-state index in [4.69, 9.17) is 9.72 Å². The fourth-order valence-corrected chi connectivity index (χ4v) is 3.49. The van der Waals surface area contributed by atoms with Crippen LogP contribution in [0.3, 0.4) is 0 Å². The Kier molecular flexibility index (Phi) is 3.50. The van der Waals surface area contributed by atoms with Gasteiger partial charge in [-0.2, -0.15) is 0 Å². The van der Waals surface area contributed by atoms with Crippen molar-refractivity contribution in [3.8, 4) is 11.4 Å². The number of para-hydroxylation sites is 1. The first-order valence-corrected chi connectivity index (χ1v) is 8.73. The zero-order valence-corrected chi connectivity index (χ0v) is 14.2. The van der Waals surface area contributed by atoms with Crippen molar-refractivity contribution < 1.29 is 9.53 Å². The average Bonchev–Trinajstić information content (AvgIpc) is 3.31. The number of H-pyrrole nitrogens is 2. The number of morpholine rings is 1. The van der Waals surface area contributed by atoms with Gasteiger partial charge in [0.1, 0.15) is 5.82 Å². The normalized spacial score (nSPS) is 15.0. The van der Waals surface area contributed by atoms with E-state index in [0.29, 0.717) is 31.9 Å². The van der Waals surface area contributed by atoms with Crippen LogP contribution in [0.4, 0.5) is 0 Å². The van der Waals surface area contributed by atoms with Crippen LogP contribution in [0.1, 0.15) is 10.4 Å². The molecule has 5 rings (SSSR count). The van der Waals surface area contributed by atoms with E-state index >= 15 is 0 Å². The molecule has 2 N–H and O–H groups in total. The van der Waals surface area contributed by atoms with Gasteiger partial charge in [0, 0.05) is 41.3 Å². The summed E-state index contributed by atoms with van der Waals surface area (Å²) in [5, 5.41) is 1.12. The average molecular weight is 346 g/mol. The molecule has 0 spiro atoms. The van der Waals surface area contributed by atoms with Crippen LogP contribution in [-0.4, -0.2) is 52.1 Å². The second kappa shape index (κ2) is 6.00. The molecule has 0 atom stereocenters. The van der Waals surface area contributed by atoms with Crippen LogP contribution in [0.5, 0.6) is 0 Å². The Balaban J connectivity index is 1.53. The lowest BCUT2D eigenvalue weighted by Gasteiger charge is -2.26. The van der Waals surface area contributed by atoms with Gasteiger partial charge in [0.15, 0.2) is 0 Å². The third kappa shape index (κ3) is 2.46. The van der Waals surface area contributed by atoms with Gasteiger partial charge < -0.3 is 19.6 Å². The van der Waals surface area contributed by atoms with Crippen molar-refractivity contribution in [3.63, 3.8) is 0 Å². The van der Waals surface area contributed by atoms with Gasteiger partial charge in [0.2, 0.25) is 0 Å². The van der Waals surface area contributed by atoms with Gasteiger partial charge in [-0.3, -0.25) is 4.79 Å². The topological polar surface area (TPSA) is 74.0 Å². The molecule has 0 unspecified atom stereocenters. The number of aromatic amines is 2. The molecule has 1 amide bonds. The molecular weight excluding hydrogens is 328 g/mol. The Labute approximate surface area is 149 Å². The minimum atomic E-state index is 0.0402. The maximum atomic E-state index is 12.7. The first-order valence-electron chi connectivity index (χ1n) is 8.73.